The minimum atomic E-state index is -4.39. The van der Waals surface area contributed by atoms with E-state index in [2.05, 4.69) is 9.82 Å². The summed E-state index contributed by atoms with van der Waals surface area (Å²) in [5.41, 5.74) is -2.02. The number of ether oxygens (including phenoxy) is 1. The van der Waals surface area contributed by atoms with Crippen molar-refractivity contribution in [3.8, 4) is 17.6 Å². The highest BCUT2D eigenvalue weighted by atomic mass is 32.2. The van der Waals surface area contributed by atoms with Gasteiger partial charge in [0, 0.05) is 19.2 Å². The quantitative estimate of drug-likeness (QED) is 0.481. The van der Waals surface area contributed by atoms with Crippen LogP contribution in [0.15, 0.2) is 35.4 Å². The molecule has 1 saturated heterocycles. The standard InChI is InChI=1S/C20H15F4N5O5S/c21-9-33-29-10-26-16-2-1-12(5-13(16)20(29)30)34-19-14(7-25)17(6-15(23)18(19)24)27-35(31,32)28-4-3-11(22)8-28/h1-2,5-6,10-11,27H,3-4,8-9H2/t11-/m0/s1. The second-order valence-electron chi connectivity index (χ2n) is 7.28. The van der Waals surface area contributed by atoms with Crippen molar-refractivity contribution in [2.75, 3.05) is 24.7 Å². The minimum Gasteiger partial charge on any atom is -0.453 e. The van der Waals surface area contributed by atoms with Gasteiger partial charge < -0.3 is 9.57 Å². The summed E-state index contributed by atoms with van der Waals surface area (Å²) in [6, 6.07) is 5.61. The van der Waals surface area contributed by atoms with Gasteiger partial charge in [-0.1, -0.05) is 0 Å². The van der Waals surface area contributed by atoms with Gasteiger partial charge in [0.25, 0.3) is 12.4 Å². The van der Waals surface area contributed by atoms with Gasteiger partial charge in [-0.15, -0.1) is 4.73 Å². The Balaban J connectivity index is 1.74. The Morgan fingerprint density at radius 1 is 1.29 bits per heavy atom. The van der Waals surface area contributed by atoms with Crippen molar-refractivity contribution in [3.63, 3.8) is 0 Å². The maximum absolute atomic E-state index is 14.6. The van der Waals surface area contributed by atoms with Crippen molar-refractivity contribution in [1.82, 2.24) is 14.0 Å². The normalized spacial score (nSPS) is 16.3. The van der Waals surface area contributed by atoms with Crippen LogP contribution >= 0.6 is 0 Å². The number of fused-ring (bicyclic) bond motifs is 1. The molecule has 4 rings (SSSR count). The molecule has 15 heteroatoms. The van der Waals surface area contributed by atoms with Gasteiger partial charge >= 0.3 is 10.2 Å². The van der Waals surface area contributed by atoms with E-state index < -0.39 is 64.0 Å². The number of aromatic nitrogens is 2. The van der Waals surface area contributed by atoms with E-state index in [1.54, 1.807) is 6.07 Å². The average Bonchev–Trinajstić information content (AvgIpc) is 3.27. The number of benzene rings is 2. The summed E-state index contributed by atoms with van der Waals surface area (Å²) in [7, 11) is -4.39. The fourth-order valence-corrected chi connectivity index (χ4v) is 4.68. The molecule has 1 aromatic heterocycles. The van der Waals surface area contributed by atoms with Gasteiger partial charge in [-0.05, 0) is 24.6 Å². The smallest absolute Gasteiger partial charge is 0.301 e. The summed E-state index contributed by atoms with van der Waals surface area (Å²) in [6.45, 7) is -1.88. The molecule has 2 aromatic carbocycles. The number of anilines is 1. The number of nitriles is 1. The Labute approximate surface area is 195 Å². The predicted octanol–water partition coefficient (Wildman–Crippen LogP) is 2.39. The molecule has 35 heavy (non-hydrogen) atoms. The van der Waals surface area contributed by atoms with Gasteiger partial charge in [0.1, 0.15) is 29.9 Å². The Morgan fingerprint density at radius 3 is 2.71 bits per heavy atom. The summed E-state index contributed by atoms with van der Waals surface area (Å²) in [6.07, 6.45) is -0.477. The van der Waals surface area contributed by atoms with E-state index in [-0.39, 0.29) is 29.6 Å². The Morgan fingerprint density at radius 2 is 2.06 bits per heavy atom. The van der Waals surface area contributed by atoms with Gasteiger partial charge in [0.05, 0.1) is 16.6 Å². The molecule has 1 N–H and O–H groups in total. The fraction of sp³-hybridized carbons (Fsp3) is 0.250. The molecular weight excluding hydrogens is 498 g/mol. The molecule has 0 unspecified atom stereocenters. The molecule has 1 atom stereocenters. The Kier molecular flexibility index (Phi) is 6.50. The molecule has 1 aliphatic rings. The van der Waals surface area contributed by atoms with Crippen molar-refractivity contribution >= 4 is 26.8 Å². The van der Waals surface area contributed by atoms with Crippen molar-refractivity contribution in [2.45, 2.75) is 12.6 Å². The highest BCUT2D eigenvalue weighted by molar-refractivity contribution is 7.90. The van der Waals surface area contributed by atoms with Crippen molar-refractivity contribution in [3.05, 3.63) is 58.1 Å². The van der Waals surface area contributed by atoms with E-state index in [0.29, 0.717) is 10.8 Å². The maximum Gasteiger partial charge on any atom is 0.301 e. The number of nitrogens with one attached hydrogen (secondary N) is 1. The summed E-state index contributed by atoms with van der Waals surface area (Å²) in [5.74, 6) is -4.34. The van der Waals surface area contributed by atoms with Crippen LogP contribution in [0.2, 0.25) is 0 Å². The summed E-state index contributed by atoms with van der Waals surface area (Å²) in [4.78, 5) is 20.8. The molecule has 0 bridgehead atoms. The third-order valence-electron chi connectivity index (χ3n) is 5.07. The lowest BCUT2D eigenvalue weighted by Crippen LogP contribution is -2.34. The first-order chi connectivity index (χ1) is 16.6. The van der Waals surface area contributed by atoms with Crippen LogP contribution in [-0.2, 0) is 10.2 Å². The molecule has 184 valence electrons. The Bertz CT molecular complexity index is 1510. The van der Waals surface area contributed by atoms with E-state index in [9.17, 15) is 36.0 Å². The van der Waals surface area contributed by atoms with Crippen LogP contribution in [0.4, 0.5) is 23.2 Å². The molecule has 10 nitrogen and oxygen atoms in total. The van der Waals surface area contributed by atoms with Gasteiger partial charge in [-0.25, -0.2) is 18.2 Å². The highest BCUT2D eigenvalue weighted by Gasteiger charge is 2.33. The molecule has 1 fully saturated rings. The largest absolute Gasteiger partial charge is 0.453 e. The number of alkyl halides is 2. The van der Waals surface area contributed by atoms with E-state index in [4.69, 9.17) is 4.74 Å². The van der Waals surface area contributed by atoms with Crippen molar-refractivity contribution in [2.24, 2.45) is 0 Å². The average molecular weight is 513 g/mol. The summed E-state index contributed by atoms with van der Waals surface area (Å²) >= 11 is 0. The molecule has 0 aliphatic carbocycles. The zero-order valence-electron chi connectivity index (χ0n) is 17.5. The second kappa shape index (κ2) is 9.39. The van der Waals surface area contributed by atoms with Crippen LogP contribution in [0, 0.1) is 23.0 Å². The number of hydrogen-bond donors (Lipinski definition) is 1. The molecule has 0 saturated carbocycles. The van der Waals surface area contributed by atoms with Crippen LogP contribution in [0.3, 0.4) is 0 Å². The van der Waals surface area contributed by atoms with Crippen molar-refractivity contribution in [1.29, 1.82) is 5.26 Å². The first-order valence-electron chi connectivity index (χ1n) is 9.87. The molecule has 1 aliphatic heterocycles. The lowest BCUT2D eigenvalue weighted by molar-refractivity contribution is 0.0353. The zero-order chi connectivity index (χ0) is 25.3. The summed E-state index contributed by atoms with van der Waals surface area (Å²) in [5, 5.41) is 9.43. The third-order valence-corrected chi connectivity index (χ3v) is 6.56. The molecule has 3 aromatic rings. The van der Waals surface area contributed by atoms with Crippen LogP contribution in [0.1, 0.15) is 12.0 Å². The number of nitrogens with zero attached hydrogens (tertiary/aromatic N) is 4. The monoisotopic (exact) mass is 513 g/mol. The zero-order valence-corrected chi connectivity index (χ0v) is 18.4. The van der Waals surface area contributed by atoms with E-state index in [1.165, 1.54) is 12.1 Å². The second-order valence-corrected chi connectivity index (χ2v) is 8.95. The van der Waals surface area contributed by atoms with Crippen LogP contribution in [0.5, 0.6) is 11.5 Å². The molecular formula is C20H15F4N5O5S. The van der Waals surface area contributed by atoms with E-state index in [1.807, 2.05) is 4.72 Å². The van der Waals surface area contributed by atoms with E-state index in [0.717, 1.165) is 16.7 Å². The predicted molar refractivity (Wildman–Crippen MR) is 113 cm³/mol. The van der Waals surface area contributed by atoms with Gasteiger partial charge in [-0.2, -0.15) is 22.4 Å². The minimum absolute atomic E-state index is 0.0347. The number of rotatable bonds is 7. The van der Waals surface area contributed by atoms with Gasteiger partial charge in [-0.3, -0.25) is 9.52 Å². The third kappa shape index (κ3) is 4.70. The molecule has 0 radical (unpaired) electrons. The lowest BCUT2D eigenvalue weighted by Gasteiger charge is -2.19. The number of halogens is 4. The molecule has 2 heterocycles. The van der Waals surface area contributed by atoms with E-state index >= 15 is 0 Å². The Hall–Kier alpha value is -3.90. The van der Waals surface area contributed by atoms with Gasteiger partial charge in [0.2, 0.25) is 5.82 Å². The topological polar surface area (TPSA) is 127 Å². The van der Waals surface area contributed by atoms with Crippen LogP contribution in [-0.4, -0.2) is 48.6 Å². The molecule has 0 amide bonds. The lowest BCUT2D eigenvalue weighted by atomic mass is 10.1. The summed E-state index contributed by atoms with van der Waals surface area (Å²) < 4.78 is 88.5. The first kappa shape index (κ1) is 24.2. The number of hydrogen-bond acceptors (Lipinski definition) is 7. The highest BCUT2D eigenvalue weighted by Crippen LogP contribution is 2.36. The van der Waals surface area contributed by atoms with Crippen molar-refractivity contribution < 1.29 is 35.6 Å². The maximum atomic E-state index is 14.6. The fourth-order valence-electron chi connectivity index (χ4n) is 3.41. The first-order valence-corrected chi connectivity index (χ1v) is 11.3. The SMILES string of the molecule is N#Cc1c(NS(=O)(=O)N2CC[C@H](F)C2)cc(F)c(F)c1Oc1ccc2ncn(OCF)c(=O)c2c1. The van der Waals surface area contributed by atoms with Crippen LogP contribution in [0.25, 0.3) is 10.9 Å². The molecule has 0 spiro atoms. The van der Waals surface area contributed by atoms with Gasteiger partial charge in [0.15, 0.2) is 11.6 Å². The van der Waals surface area contributed by atoms with Crippen LogP contribution < -0.4 is 19.9 Å².